The third-order valence-electron chi connectivity index (χ3n) is 2.45. The van der Waals surface area contributed by atoms with Crippen LogP contribution >= 0.6 is 12.2 Å². The molecule has 0 aliphatic heterocycles. The van der Waals surface area contributed by atoms with Crippen LogP contribution in [0.5, 0.6) is 5.75 Å². The predicted molar refractivity (Wildman–Crippen MR) is 77.6 cm³/mol. The van der Waals surface area contributed by atoms with E-state index < -0.39 is 4.92 Å². The molecule has 6 heteroatoms. The molecule has 102 valence electrons. The highest BCUT2D eigenvalue weighted by atomic mass is 32.1. The van der Waals surface area contributed by atoms with Crippen LogP contribution in [0.25, 0.3) is 0 Å². The predicted octanol–water partition coefficient (Wildman–Crippen LogP) is 3.48. The van der Waals surface area contributed by atoms with Crippen LogP contribution in [-0.2, 0) is 11.3 Å². The van der Waals surface area contributed by atoms with Crippen LogP contribution in [-0.4, -0.2) is 10.2 Å². The Bertz CT molecular complexity index is 598. The standard InChI is InChI=1S/C14H11NO4S/c16-15(17)12-8-6-11(7-9-12)10-18-14(20)19-13-4-2-1-3-5-13/h1-9H,10H2. The Balaban J connectivity index is 1.85. The van der Waals surface area contributed by atoms with Gasteiger partial charge in [-0.05, 0) is 29.8 Å². The second-order valence-electron chi connectivity index (χ2n) is 3.88. The number of ether oxygens (including phenoxy) is 2. The normalized spacial score (nSPS) is 9.80. The van der Waals surface area contributed by atoms with Gasteiger partial charge in [0.2, 0.25) is 0 Å². The van der Waals surface area contributed by atoms with Crippen molar-refractivity contribution in [3.63, 3.8) is 0 Å². The molecule has 5 nitrogen and oxygen atoms in total. The van der Waals surface area contributed by atoms with Gasteiger partial charge in [-0.15, -0.1) is 0 Å². The SMILES string of the molecule is O=[N+]([O-])c1ccc(COC(=S)Oc2ccccc2)cc1. The summed E-state index contributed by atoms with van der Waals surface area (Å²) in [7, 11) is 0. The first-order valence-corrected chi connectivity index (χ1v) is 6.19. The van der Waals surface area contributed by atoms with Gasteiger partial charge in [-0.1, -0.05) is 18.2 Å². The van der Waals surface area contributed by atoms with Gasteiger partial charge in [0.1, 0.15) is 12.4 Å². The minimum Gasteiger partial charge on any atom is -0.452 e. The molecule has 0 spiro atoms. The molecule has 0 atom stereocenters. The fourth-order valence-electron chi connectivity index (χ4n) is 1.47. The Morgan fingerprint density at radius 2 is 1.75 bits per heavy atom. The summed E-state index contributed by atoms with van der Waals surface area (Å²) >= 11 is 4.95. The molecule has 0 heterocycles. The number of nitro groups is 1. The summed E-state index contributed by atoms with van der Waals surface area (Å²) < 4.78 is 10.6. The Labute approximate surface area is 120 Å². The number of nitrogens with zero attached hydrogens (tertiary/aromatic N) is 1. The van der Waals surface area contributed by atoms with Crippen molar-refractivity contribution in [2.45, 2.75) is 6.61 Å². The summed E-state index contributed by atoms with van der Waals surface area (Å²) in [4.78, 5) is 10.1. The van der Waals surface area contributed by atoms with E-state index >= 15 is 0 Å². The first kappa shape index (κ1) is 14.0. The van der Waals surface area contributed by atoms with E-state index in [1.165, 1.54) is 12.1 Å². The zero-order valence-corrected chi connectivity index (χ0v) is 11.2. The zero-order valence-electron chi connectivity index (χ0n) is 10.4. The van der Waals surface area contributed by atoms with Gasteiger partial charge in [0.05, 0.1) is 4.92 Å². The van der Waals surface area contributed by atoms with Crippen molar-refractivity contribution in [1.82, 2.24) is 0 Å². The molecule has 0 unspecified atom stereocenters. The van der Waals surface area contributed by atoms with Crippen molar-refractivity contribution in [1.29, 1.82) is 0 Å². The van der Waals surface area contributed by atoms with Crippen LogP contribution in [0.15, 0.2) is 54.6 Å². The lowest BCUT2D eigenvalue weighted by Crippen LogP contribution is -2.09. The molecule has 0 radical (unpaired) electrons. The van der Waals surface area contributed by atoms with Crippen LogP contribution in [0, 0.1) is 10.1 Å². The average molecular weight is 289 g/mol. The van der Waals surface area contributed by atoms with Gasteiger partial charge in [0.15, 0.2) is 0 Å². The Morgan fingerprint density at radius 3 is 2.35 bits per heavy atom. The third-order valence-corrected chi connectivity index (χ3v) is 2.65. The summed E-state index contributed by atoms with van der Waals surface area (Å²) in [6, 6.07) is 15.1. The highest BCUT2D eigenvalue weighted by molar-refractivity contribution is 7.79. The van der Waals surface area contributed by atoms with Crippen molar-refractivity contribution in [3.8, 4) is 5.75 Å². The lowest BCUT2D eigenvalue weighted by atomic mass is 10.2. The fourth-order valence-corrected chi connectivity index (χ4v) is 1.63. The summed E-state index contributed by atoms with van der Waals surface area (Å²) in [6.45, 7) is 0.198. The maximum atomic E-state index is 10.5. The maximum absolute atomic E-state index is 10.5. The van der Waals surface area contributed by atoms with Gasteiger partial charge >= 0.3 is 5.24 Å². The first-order valence-electron chi connectivity index (χ1n) is 5.78. The topological polar surface area (TPSA) is 61.6 Å². The molecule has 2 aromatic rings. The highest BCUT2D eigenvalue weighted by Crippen LogP contribution is 2.14. The molecular formula is C14H11NO4S. The second-order valence-corrected chi connectivity index (χ2v) is 4.21. The molecule has 0 aromatic heterocycles. The van der Waals surface area contributed by atoms with Gasteiger partial charge in [-0.25, -0.2) is 0 Å². The molecule has 0 bridgehead atoms. The fraction of sp³-hybridized carbons (Fsp3) is 0.0714. The van der Waals surface area contributed by atoms with Crippen LogP contribution in [0.4, 0.5) is 5.69 Å². The highest BCUT2D eigenvalue weighted by Gasteiger charge is 2.05. The molecular weight excluding hydrogens is 278 g/mol. The maximum Gasteiger partial charge on any atom is 0.358 e. The number of benzene rings is 2. The van der Waals surface area contributed by atoms with Gasteiger partial charge in [0.25, 0.3) is 5.69 Å². The van der Waals surface area contributed by atoms with E-state index in [1.54, 1.807) is 24.3 Å². The number of thiocarbonyl (C=S) groups is 1. The van der Waals surface area contributed by atoms with E-state index in [2.05, 4.69) is 0 Å². The average Bonchev–Trinajstić information content (AvgIpc) is 2.46. The van der Waals surface area contributed by atoms with Crippen molar-refractivity contribution < 1.29 is 14.4 Å². The van der Waals surface area contributed by atoms with Crippen molar-refractivity contribution in [3.05, 3.63) is 70.3 Å². The van der Waals surface area contributed by atoms with E-state index in [9.17, 15) is 10.1 Å². The molecule has 0 saturated carbocycles. The van der Waals surface area contributed by atoms with E-state index in [0.29, 0.717) is 5.75 Å². The summed E-state index contributed by atoms with van der Waals surface area (Å²) in [5, 5.41) is 10.5. The molecule has 0 saturated heterocycles. The Hall–Kier alpha value is -2.47. The number of non-ortho nitro benzene ring substituents is 1. The lowest BCUT2D eigenvalue weighted by molar-refractivity contribution is -0.384. The molecule has 2 rings (SSSR count). The number of nitro benzene ring substituents is 1. The Kier molecular flexibility index (Phi) is 4.62. The van der Waals surface area contributed by atoms with Crippen molar-refractivity contribution >= 4 is 23.1 Å². The Morgan fingerprint density at radius 1 is 1.10 bits per heavy atom. The van der Waals surface area contributed by atoms with Crippen molar-refractivity contribution in [2.75, 3.05) is 0 Å². The summed E-state index contributed by atoms with van der Waals surface area (Å²) in [6.07, 6.45) is 0. The van der Waals surface area contributed by atoms with E-state index in [4.69, 9.17) is 21.7 Å². The molecule has 0 N–H and O–H groups in total. The smallest absolute Gasteiger partial charge is 0.358 e. The monoisotopic (exact) mass is 289 g/mol. The zero-order chi connectivity index (χ0) is 14.4. The molecule has 0 aliphatic rings. The lowest BCUT2D eigenvalue weighted by Gasteiger charge is -2.08. The van der Waals surface area contributed by atoms with Crippen LogP contribution in [0.3, 0.4) is 0 Å². The van der Waals surface area contributed by atoms with Gasteiger partial charge in [0, 0.05) is 24.4 Å². The van der Waals surface area contributed by atoms with E-state index in [0.717, 1.165) is 5.56 Å². The minimum absolute atomic E-state index is 0.00885. The van der Waals surface area contributed by atoms with Gasteiger partial charge < -0.3 is 9.47 Å². The summed E-state index contributed by atoms with van der Waals surface area (Å²) in [5.41, 5.74) is 0.812. The number of hydrogen-bond donors (Lipinski definition) is 0. The molecule has 0 fully saturated rings. The molecule has 2 aromatic carbocycles. The molecule has 0 amide bonds. The van der Waals surface area contributed by atoms with Gasteiger partial charge in [-0.3, -0.25) is 10.1 Å². The number of rotatable bonds is 4. The van der Waals surface area contributed by atoms with Crippen LogP contribution in [0.2, 0.25) is 0 Å². The second kappa shape index (κ2) is 6.63. The van der Waals surface area contributed by atoms with Crippen LogP contribution < -0.4 is 4.74 Å². The quantitative estimate of drug-likeness (QED) is 0.490. The van der Waals surface area contributed by atoms with E-state index in [-0.39, 0.29) is 17.5 Å². The minimum atomic E-state index is -0.451. The molecule has 20 heavy (non-hydrogen) atoms. The number of hydrogen-bond acceptors (Lipinski definition) is 5. The van der Waals surface area contributed by atoms with Gasteiger partial charge in [-0.2, -0.15) is 0 Å². The van der Waals surface area contributed by atoms with Crippen LogP contribution in [0.1, 0.15) is 5.56 Å². The van der Waals surface area contributed by atoms with E-state index in [1.807, 2.05) is 18.2 Å². The number of para-hydroxylation sites is 1. The van der Waals surface area contributed by atoms with Crippen molar-refractivity contribution in [2.24, 2.45) is 0 Å². The molecule has 0 aliphatic carbocycles. The first-order chi connectivity index (χ1) is 9.65. The third kappa shape index (κ3) is 4.03. The summed E-state index contributed by atoms with van der Waals surface area (Å²) in [5.74, 6) is 0.598. The largest absolute Gasteiger partial charge is 0.452 e.